The molecule has 2 aromatic carbocycles. The first-order chi connectivity index (χ1) is 13.2. The summed E-state index contributed by atoms with van der Waals surface area (Å²) in [6, 6.07) is 8.06. The molecular weight excluding hydrogens is 404 g/mol. The molecule has 28 heavy (non-hydrogen) atoms. The van der Waals surface area contributed by atoms with Crippen molar-refractivity contribution in [3.05, 3.63) is 46.5 Å². The molecule has 2 aromatic rings. The Balaban J connectivity index is 1.60. The first kappa shape index (κ1) is 18.9. The van der Waals surface area contributed by atoms with Gasteiger partial charge in [0.25, 0.3) is 5.91 Å². The van der Waals surface area contributed by atoms with Crippen LogP contribution in [0.5, 0.6) is 11.5 Å². The summed E-state index contributed by atoms with van der Waals surface area (Å²) in [5, 5.41) is 3.13. The highest BCUT2D eigenvalue weighted by atomic mass is 35.5. The lowest BCUT2D eigenvalue weighted by Gasteiger charge is -2.22. The Kier molecular flexibility index (Phi) is 4.63. The number of nitrogens with one attached hydrogen (secondary N) is 1. The number of hydrogen-bond donors (Lipinski definition) is 1. The fourth-order valence-electron chi connectivity index (χ4n) is 3.60. The summed E-state index contributed by atoms with van der Waals surface area (Å²) in [7, 11) is -3.37. The second-order valence-electron chi connectivity index (χ2n) is 6.89. The smallest absolute Gasteiger partial charge is 0.255 e. The first-order valence-electron chi connectivity index (χ1n) is 8.77. The van der Waals surface area contributed by atoms with Gasteiger partial charge in [-0.25, -0.2) is 8.42 Å². The van der Waals surface area contributed by atoms with Gasteiger partial charge in [-0.05, 0) is 37.1 Å². The van der Waals surface area contributed by atoms with E-state index in [1.807, 2.05) is 6.92 Å². The largest absolute Gasteiger partial charge is 0.486 e. The molecule has 2 heterocycles. The van der Waals surface area contributed by atoms with Gasteiger partial charge in [0.15, 0.2) is 11.5 Å². The maximum absolute atomic E-state index is 12.7. The molecule has 0 bridgehead atoms. The Labute approximate surface area is 168 Å². The molecule has 1 atom stereocenters. The van der Waals surface area contributed by atoms with Gasteiger partial charge in [-0.2, -0.15) is 0 Å². The summed E-state index contributed by atoms with van der Waals surface area (Å²) >= 11 is 6.25. The van der Waals surface area contributed by atoms with Crippen LogP contribution in [0.2, 0.25) is 5.02 Å². The third kappa shape index (κ3) is 3.38. The number of carbonyl (C=O) groups is 1. The van der Waals surface area contributed by atoms with Gasteiger partial charge in [0.1, 0.15) is 13.2 Å². The molecular formula is C19H19ClN2O5S. The average Bonchev–Trinajstić information content (AvgIpc) is 2.97. The zero-order chi connectivity index (χ0) is 20.1. The topological polar surface area (TPSA) is 84.9 Å². The Morgan fingerprint density at radius 3 is 2.54 bits per heavy atom. The summed E-state index contributed by atoms with van der Waals surface area (Å²) in [6.07, 6.45) is 1.73. The number of ether oxygens (including phenoxy) is 2. The van der Waals surface area contributed by atoms with E-state index in [2.05, 4.69) is 5.32 Å². The highest BCUT2D eigenvalue weighted by Crippen LogP contribution is 2.38. The van der Waals surface area contributed by atoms with E-state index in [1.165, 1.54) is 10.6 Å². The number of benzene rings is 2. The standard InChI is InChI=1S/C19H19ClN2O5S/c1-11-7-13-8-12(3-4-16(13)22(11)28(2,24)25)19(23)21-15-10-18-17(9-14(15)20)26-5-6-27-18/h3-4,8-11H,5-7H2,1-2H3,(H,21,23)/t11-/m1/s1. The minimum absolute atomic E-state index is 0.185. The van der Waals surface area contributed by atoms with Crippen LogP contribution < -0.4 is 19.1 Å². The Morgan fingerprint density at radius 1 is 1.18 bits per heavy atom. The van der Waals surface area contributed by atoms with Crippen LogP contribution in [0.25, 0.3) is 0 Å². The molecule has 0 spiro atoms. The molecule has 0 aromatic heterocycles. The third-order valence-corrected chi connectivity index (χ3v) is 6.32. The fourth-order valence-corrected chi connectivity index (χ4v) is 5.07. The van der Waals surface area contributed by atoms with Gasteiger partial charge < -0.3 is 14.8 Å². The van der Waals surface area contributed by atoms with Crippen LogP contribution in [0.4, 0.5) is 11.4 Å². The number of amides is 1. The Morgan fingerprint density at radius 2 is 1.86 bits per heavy atom. The monoisotopic (exact) mass is 422 g/mol. The molecule has 7 nitrogen and oxygen atoms in total. The van der Waals surface area contributed by atoms with Crippen LogP contribution in [-0.2, 0) is 16.4 Å². The number of fused-ring (bicyclic) bond motifs is 2. The number of hydrogen-bond acceptors (Lipinski definition) is 5. The van der Waals surface area contributed by atoms with E-state index in [9.17, 15) is 13.2 Å². The van der Waals surface area contributed by atoms with Gasteiger partial charge in [0.2, 0.25) is 10.0 Å². The van der Waals surface area contributed by atoms with Crippen LogP contribution in [0, 0.1) is 0 Å². The molecule has 0 saturated carbocycles. The summed E-state index contributed by atoms with van der Waals surface area (Å²) in [4.78, 5) is 12.7. The molecule has 0 fully saturated rings. The van der Waals surface area contributed by atoms with Crippen LogP contribution >= 0.6 is 11.6 Å². The second-order valence-corrected chi connectivity index (χ2v) is 9.15. The maximum Gasteiger partial charge on any atom is 0.255 e. The molecule has 0 radical (unpaired) electrons. The Hall–Kier alpha value is -2.45. The van der Waals surface area contributed by atoms with Gasteiger partial charge in [-0.3, -0.25) is 9.10 Å². The lowest BCUT2D eigenvalue weighted by molar-refractivity contribution is 0.102. The van der Waals surface area contributed by atoms with Gasteiger partial charge >= 0.3 is 0 Å². The van der Waals surface area contributed by atoms with Crippen LogP contribution in [0.15, 0.2) is 30.3 Å². The number of rotatable bonds is 3. The second kappa shape index (κ2) is 6.86. The predicted octanol–water partition coefficient (Wildman–Crippen LogP) is 3.07. The molecule has 1 N–H and O–H groups in total. The van der Waals surface area contributed by atoms with E-state index in [-0.39, 0.29) is 11.9 Å². The van der Waals surface area contributed by atoms with Crippen molar-refractivity contribution in [3.8, 4) is 11.5 Å². The van der Waals surface area contributed by atoms with E-state index >= 15 is 0 Å². The highest BCUT2D eigenvalue weighted by Gasteiger charge is 2.32. The van der Waals surface area contributed by atoms with Crippen molar-refractivity contribution in [2.24, 2.45) is 0 Å². The van der Waals surface area contributed by atoms with Crippen molar-refractivity contribution in [2.75, 3.05) is 29.1 Å². The minimum atomic E-state index is -3.37. The van der Waals surface area contributed by atoms with Crippen molar-refractivity contribution < 1.29 is 22.7 Å². The van der Waals surface area contributed by atoms with Crippen LogP contribution in [-0.4, -0.2) is 39.8 Å². The molecule has 9 heteroatoms. The van der Waals surface area contributed by atoms with E-state index in [4.69, 9.17) is 21.1 Å². The predicted molar refractivity (Wildman–Crippen MR) is 107 cm³/mol. The number of anilines is 2. The van der Waals surface area contributed by atoms with E-state index in [0.717, 1.165) is 5.56 Å². The van der Waals surface area contributed by atoms with Crippen LogP contribution in [0.3, 0.4) is 0 Å². The number of halogens is 1. The summed E-state index contributed by atoms with van der Waals surface area (Å²) < 4.78 is 36.4. The highest BCUT2D eigenvalue weighted by molar-refractivity contribution is 7.92. The van der Waals surface area contributed by atoms with Crippen LogP contribution in [0.1, 0.15) is 22.8 Å². The third-order valence-electron chi connectivity index (χ3n) is 4.73. The molecule has 148 valence electrons. The number of nitrogens with zero attached hydrogens (tertiary/aromatic N) is 1. The minimum Gasteiger partial charge on any atom is -0.486 e. The van der Waals surface area contributed by atoms with Crippen molar-refractivity contribution >= 4 is 38.9 Å². The lowest BCUT2D eigenvalue weighted by atomic mass is 10.1. The first-order valence-corrected chi connectivity index (χ1v) is 11.0. The fraction of sp³-hybridized carbons (Fsp3) is 0.316. The summed E-state index contributed by atoms with van der Waals surface area (Å²) in [5.74, 6) is 0.728. The summed E-state index contributed by atoms with van der Waals surface area (Å²) in [5.41, 5.74) is 2.28. The molecule has 0 unspecified atom stereocenters. The molecule has 4 rings (SSSR count). The van der Waals surface area contributed by atoms with Crippen molar-refractivity contribution in [1.82, 2.24) is 0 Å². The van der Waals surface area contributed by atoms with Gasteiger partial charge in [-0.15, -0.1) is 0 Å². The van der Waals surface area contributed by atoms with Crippen molar-refractivity contribution in [2.45, 2.75) is 19.4 Å². The normalized spacial score (nSPS) is 18.0. The van der Waals surface area contributed by atoms with Gasteiger partial charge in [0, 0.05) is 23.7 Å². The number of carbonyl (C=O) groups excluding carboxylic acids is 1. The SMILES string of the molecule is C[C@@H]1Cc2cc(C(=O)Nc3cc4c(cc3Cl)OCCO4)ccc2N1S(C)(=O)=O. The zero-order valence-electron chi connectivity index (χ0n) is 15.4. The number of sulfonamides is 1. The zero-order valence-corrected chi connectivity index (χ0v) is 16.9. The Bertz CT molecular complexity index is 1070. The lowest BCUT2D eigenvalue weighted by Crippen LogP contribution is -2.34. The van der Waals surface area contributed by atoms with Gasteiger partial charge in [-0.1, -0.05) is 11.6 Å². The van der Waals surface area contributed by atoms with Crippen molar-refractivity contribution in [1.29, 1.82) is 0 Å². The average molecular weight is 423 g/mol. The molecule has 0 aliphatic carbocycles. The summed E-state index contributed by atoms with van der Waals surface area (Å²) in [6.45, 7) is 2.73. The molecule has 1 amide bonds. The van der Waals surface area contributed by atoms with E-state index < -0.39 is 10.0 Å². The van der Waals surface area contributed by atoms with E-state index in [1.54, 1.807) is 30.3 Å². The molecule has 2 aliphatic heterocycles. The maximum atomic E-state index is 12.7. The van der Waals surface area contributed by atoms with Crippen molar-refractivity contribution in [3.63, 3.8) is 0 Å². The molecule has 0 saturated heterocycles. The quantitative estimate of drug-likeness (QED) is 0.821. The van der Waals surface area contributed by atoms with Gasteiger partial charge in [0.05, 0.1) is 22.7 Å². The molecule has 2 aliphatic rings. The van der Waals surface area contributed by atoms with E-state index in [0.29, 0.717) is 53.1 Å².